The van der Waals surface area contributed by atoms with Gasteiger partial charge in [-0.3, -0.25) is 20.4 Å². The number of nitrogens with one attached hydrogen (secondary N) is 2. The van der Waals surface area contributed by atoms with E-state index in [4.69, 9.17) is 0 Å². The molecule has 4 nitrogen and oxygen atoms in total. The second kappa shape index (κ2) is 7.25. The van der Waals surface area contributed by atoms with E-state index in [9.17, 15) is 9.59 Å². The van der Waals surface area contributed by atoms with Gasteiger partial charge in [-0.25, -0.2) is 0 Å². The molecule has 2 rings (SSSR count). The minimum Gasteiger partial charge on any atom is -0.273 e. The lowest BCUT2D eigenvalue weighted by molar-refractivity contribution is -0.126. The van der Waals surface area contributed by atoms with Crippen LogP contribution in [0.3, 0.4) is 0 Å². The van der Waals surface area contributed by atoms with Crippen LogP contribution >= 0.6 is 11.3 Å². The first-order chi connectivity index (χ1) is 9.74. The topological polar surface area (TPSA) is 58.2 Å². The van der Waals surface area contributed by atoms with Crippen LogP contribution in [0.25, 0.3) is 6.08 Å². The maximum atomic E-state index is 11.5. The van der Waals surface area contributed by atoms with Crippen LogP contribution in [0, 0.1) is 0 Å². The summed E-state index contributed by atoms with van der Waals surface area (Å²) in [5.74, 6) is -0.609. The number of carbonyl (C=O) groups excluding carboxylic acids is 2. The number of rotatable bonds is 4. The average molecular weight is 286 g/mol. The van der Waals surface area contributed by atoms with Crippen LogP contribution in [0.4, 0.5) is 0 Å². The van der Waals surface area contributed by atoms with E-state index in [1.807, 2.05) is 47.8 Å². The summed E-state index contributed by atoms with van der Waals surface area (Å²) in [6, 6.07) is 13.2. The Morgan fingerprint density at radius 2 is 1.85 bits per heavy atom. The molecule has 0 fully saturated rings. The maximum absolute atomic E-state index is 11.5. The number of hydrogen-bond donors (Lipinski definition) is 2. The molecule has 0 saturated heterocycles. The third-order valence-electron chi connectivity index (χ3n) is 2.47. The van der Waals surface area contributed by atoms with Gasteiger partial charge < -0.3 is 0 Å². The fourth-order valence-corrected chi connectivity index (χ4v) is 2.23. The molecule has 1 aromatic carbocycles. The molecule has 2 aromatic rings. The van der Waals surface area contributed by atoms with Gasteiger partial charge in [0.2, 0.25) is 5.91 Å². The number of hydrazine groups is 1. The zero-order valence-electron chi connectivity index (χ0n) is 10.7. The molecule has 0 spiro atoms. The van der Waals surface area contributed by atoms with Crippen molar-refractivity contribution < 1.29 is 9.59 Å². The van der Waals surface area contributed by atoms with Crippen molar-refractivity contribution in [2.24, 2.45) is 0 Å². The molecular weight excluding hydrogens is 272 g/mol. The quantitative estimate of drug-likeness (QED) is 0.668. The summed E-state index contributed by atoms with van der Waals surface area (Å²) in [7, 11) is 0. The molecule has 0 atom stereocenters. The highest BCUT2D eigenvalue weighted by Crippen LogP contribution is 2.08. The van der Waals surface area contributed by atoms with Crippen molar-refractivity contribution in [1.29, 1.82) is 0 Å². The van der Waals surface area contributed by atoms with Crippen molar-refractivity contribution in [2.75, 3.05) is 0 Å². The van der Waals surface area contributed by atoms with Crippen LogP contribution in [0.5, 0.6) is 0 Å². The summed E-state index contributed by atoms with van der Waals surface area (Å²) in [5, 5.41) is 1.91. The Kier molecular flexibility index (Phi) is 5.08. The summed E-state index contributed by atoms with van der Waals surface area (Å²) < 4.78 is 0. The molecule has 0 aliphatic rings. The first-order valence-electron chi connectivity index (χ1n) is 6.08. The zero-order chi connectivity index (χ0) is 14.2. The Morgan fingerprint density at radius 1 is 1.05 bits per heavy atom. The van der Waals surface area contributed by atoms with Gasteiger partial charge in [-0.1, -0.05) is 36.4 Å². The second-order valence-corrected chi connectivity index (χ2v) is 5.07. The number of benzene rings is 1. The van der Waals surface area contributed by atoms with E-state index in [0.29, 0.717) is 0 Å². The lowest BCUT2D eigenvalue weighted by Gasteiger charge is -2.03. The van der Waals surface area contributed by atoms with Crippen molar-refractivity contribution in [2.45, 2.75) is 6.42 Å². The zero-order valence-corrected chi connectivity index (χ0v) is 11.5. The fourth-order valence-electron chi connectivity index (χ4n) is 1.52. The normalized spacial score (nSPS) is 10.4. The molecule has 20 heavy (non-hydrogen) atoms. The summed E-state index contributed by atoms with van der Waals surface area (Å²) in [6.45, 7) is 0. The van der Waals surface area contributed by atoms with Crippen molar-refractivity contribution in [3.8, 4) is 0 Å². The standard InChI is InChI=1S/C15H14N2O2S/c18-14(9-8-12-5-2-1-3-6-12)16-17-15(19)11-13-7-4-10-20-13/h1-10H,11H2,(H,16,18)(H,17,19)/b9-8+. The molecule has 0 bridgehead atoms. The highest BCUT2D eigenvalue weighted by atomic mass is 32.1. The third kappa shape index (κ3) is 4.70. The SMILES string of the molecule is O=C(/C=C/c1ccccc1)NNC(=O)Cc1cccs1. The Hall–Kier alpha value is -2.40. The second-order valence-electron chi connectivity index (χ2n) is 4.04. The Labute approximate surface area is 121 Å². The van der Waals surface area contributed by atoms with Gasteiger partial charge in [0, 0.05) is 11.0 Å². The molecule has 102 valence electrons. The van der Waals surface area contributed by atoms with E-state index >= 15 is 0 Å². The summed E-state index contributed by atoms with van der Waals surface area (Å²) in [6.07, 6.45) is 3.32. The molecule has 1 aromatic heterocycles. The van der Waals surface area contributed by atoms with Gasteiger partial charge in [-0.15, -0.1) is 11.3 Å². The lowest BCUT2D eigenvalue weighted by atomic mass is 10.2. The van der Waals surface area contributed by atoms with Crippen molar-refractivity contribution in [3.05, 3.63) is 64.4 Å². The van der Waals surface area contributed by atoms with Crippen LogP contribution < -0.4 is 10.9 Å². The fraction of sp³-hybridized carbons (Fsp3) is 0.0667. The number of hydrogen-bond acceptors (Lipinski definition) is 3. The first kappa shape index (κ1) is 14.0. The summed E-state index contributed by atoms with van der Waals surface area (Å²) in [4.78, 5) is 24.0. The summed E-state index contributed by atoms with van der Waals surface area (Å²) in [5.41, 5.74) is 5.64. The maximum Gasteiger partial charge on any atom is 0.262 e. The highest BCUT2D eigenvalue weighted by Gasteiger charge is 2.04. The molecule has 2 amide bonds. The van der Waals surface area contributed by atoms with E-state index in [-0.39, 0.29) is 18.2 Å². The molecule has 0 saturated carbocycles. The first-order valence-corrected chi connectivity index (χ1v) is 6.96. The van der Waals surface area contributed by atoms with Crippen LogP contribution in [0.2, 0.25) is 0 Å². The number of carbonyl (C=O) groups is 2. The Bertz CT molecular complexity index is 592. The monoisotopic (exact) mass is 286 g/mol. The van der Waals surface area contributed by atoms with Gasteiger partial charge in [0.15, 0.2) is 0 Å². The van der Waals surface area contributed by atoms with E-state index in [0.717, 1.165) is 10.4 Å². The highest BCUT2D eigenvalue weighted by molar-refractivity contribution is 7.10. The van der Waals surface area contributed by atoms with Crippen LogP contribution in [-0.4, -0.2) is 11.8 Å². The predicted molar refractivity (Wildman–Crippen MR) is 79.8 cm³/mol. The van der Waals surface area contributed by atoms with Gasteiger partial charge in [0.05, 0.1) is 6.42 Å². The minimum absolute atomic E-state index is 0.242. The van der Waals surface area contributed by atoms with Crippen LogP contribution in [0.1, 0.15) is 10.4 Å². The molecular formula is C15H14N2O2S. The van der Waals surface area contributed by atoms with Crippen LogP contribution in [-0.2, 0) is 16.0 Å². The number of amides is 2. The van der Waals surface area contributed by atoms with E-state index in [2.05, 4.69) is 10.9 Å². The largest absolute Gasteiger partial charge is 0.273 e. The Morgan fingerprint density at radius 3 is 2.55 bits per heavy atom. The molecule has 5 heteroatoms. The van der Waals surface area contributed by atoms with Crippen LogP contribution in [0.15, 0.2) is 53.9 Å². The van der Waals surface area contributed by atoms with Gasteiger partial charge in [0.25, 0.3) is 5.91 Å². The van der Waals surface area contributed by atoms with E-state index < -0.39 is 0 Å². The lowest BCUT2D eigenvalue weighted by Crippen LogP contribution is -2.41. The molecule has 1 heterocycles. The molecule has 0 aliphatic heterocycles. The molecule has 0 unspecified atom stereocenters. The van der Waals surface area contributed by atoms with Gasteiger partial charge in [0.1, 0.15) is 0 Å². The van der Waals surface area contributed by atoms with Gasteiger partial charge >= 0.3 is 0 Å². The third-order valence-corrected chi connectivity index (χ3v) is 3.34. The predicted octanol–water partition coefficient (Wildman–Crippen LogP) is 2.15. The molecule has 2 N–H and O–H groups in total. The van der Waals surface area contributed by atoms with Crippen molar-refractivity contribution in [1.82, 2.24) is 10.9 Å². The average Bonchev–Trinajstić information content (AvgIpc) is 2.97. The van der Waals surface area contributed by atoms with Gasteiger partial charge in [-0.05, 0) is 23.1 Å². The smallest absolute Gasteiger partial charge is 0.262 e. The van der Waals surface area contributed by atoms with Gasteiger partial charge in [-0.2, -0.15) is 0 Å². The summed E-state index contributed by atoms with van der Waals surface area (Å²) >= 11 is 1.51. The van der Waals surface area contributed by atoms with Crippen molar-refractivity contribution >= 4 is 29.2 Å². The Balaban J connectivity index is 1.75. The molecule has 0 radical (unpaired) electrons. The van der Waals surface area contributed by atoms with E-state index in [1.54, 1.807) is 6.08 Å². The minimum atomic E-state index is -0.367. The molecule has 0 aliphatic carbocycles. The van der Waals surface area contributed by atoms with E-state index in [1.165, 1.54) is 17.4 Å². The van der Waals surface area contributed by atoms with Crippen molar-refractivity contribution in [3.63, 3.8) is 0 Å². The number of thiophene rings is 1.